The molecule has 1 heterocycles. The summed E-state index contributed by atoms with van der Waals surface area (Å²) in [5.41, 5.74) is 0.981. The molecule has 1 aliphatic heterocycles. The Morgan fingerprint density at radius 3 is 2.70 bits per heavy atom. The Balaban J connectivity index is 1.26. The summed E-state index contributed by atoms with van der Waals surface area (Å²) in [7, 11) is 0. The van der Waals surface area contributed by atoms with Gasteiger partial charge in [-0.15, -0.1) is 0 Å². The van der Waals surface area contributed by atoms with Gasteiger partial charge in [-0.25, -0.2) is 4.79 Å². The first kappa shape index (κ1) is 15.8. The third kappa shape index (κ3) is 4.69. The van der Waals surface area contributed by atoms with Gasteiger partial charge in [0, 0.05) is 31.1 Å². The van der Waals surface area contributed by atoms with Gasteiger partial charge in [-0.3, -0.25) is 4.79 Å². The number of benzene rings is 1. The molecule has 1 saturated heterocycles. The van der Waals surface area contributed by atoms with Crippen LogP contribution in [0, 0.1) is 0 Å². The second-order valence-electron chi connectivity index (χ2n) is 6.28. The van der Waals surface area contributed by atoms with E-state index in [0.29, 0.717) is 19.1 Å². The van der Waals surface area contributed by atoms with Crippen LogP contribution in [-0.2, 0) is 16.1 Å². The highest BCUT2D eigenvalue weighted by Crippen LogP contribution is 2.20. The molecule has 0 bridgehead atoms. The summed E-state index contributed by atoms with van der Waals surface area (Å²) < 4.78 is 5.20. The molecule has 3 rings (SSSR count). The molecular weight excluding hydrogens is 294 g/mol. The van der Waals surface area contributed by atoms with Gasteiger partial charge in [0.05, 0.1) is 0 Å². The highest BCUT2D eigenvalue weighted by molar-refractivity contribution is 5.78. The van der Waals surface area contributed by atoms with E-state index in [-0.39, 0.29) is 24.1 Å². The number of amides is 2. The second-order valence-corrected chi connectivity index (χ2v) is 6.28. The molecule has 0 spiro atoms. The molecule has 6 heteroatoms. The Bertz CT molecular complexity index is 543. The van der Waals surface area contributed by atoms with E-state index < -0.39 is 0 Å². The van der Waals surface area contributed by atoms with Crippen molar-refractivity contribution in [3.05, 3.63) is 35.9 Å². The SMILES string of the molecule is O=C1CCC(CNC2CC(NC(=O)OCc3ccccc3)C2)N1. The Hall–Kier alpha value is -2.08. The second kappa shape index (κ2) is 7.46. The van der Waals surface area contributed by atoms with Crippen LogP contribution in [0.25, 0.3) is 0 Å². The van der Waals surface area contributed by atoms with Gasteiger partial charge < -0.3 is 20.7 Å². The fraction of sp³-hybridized carbons (Fsp3) is 0.529. The van der Waals surface area contributed by atoms with Gasteiger partial charge in [-0.05, 0) is 24.8 Å². The number of carbonyl (C=O) groups excluding carboxylic acids is 2. The maximum absolute atomic E-state index is 11.7. The van der Waals surface area contributed by atoms with Crippen molar-refractivity contribution in [1.29, 1.82) is 0 Å². The van der Waals surface area contributed by atoms with Crippen molar-refractivity contribution >= 4 is 12.0 Å². The lowest BCUT2D eigenvalue weighted by Crippen LogP contribution is -2.54. The molecule has 2 fully saturated rings. The molecule has 1 unspecified atom stereocenters. The fourth-order valence-electron chi connectivity index (χ4n) is 2.97. The average molecular weight is 317 g/mol. The van der Waals surface area contributed by atoms with Crippen molar-refractivity contribution in [3.63, 3.8) is 0 Å². The van der Waals surface area contributed by atoms with E-state index >= 15 is 0 Å². The summed E-state index contributed by atoms with van der Waals surface area (Å²) in [6.45, 7) is 1.10. The lowest BCUT2D eigenvalue weighted by atomic mass is 9.86. The largest absolute Gasteiger partial charge is 0.445 e. The molecule has 2 amide bonds. The molecule has 1 aliphatic carbocycles. The van der Waals surface area contributed by atoms with Crippen molar-refractivity contribution in [2.75, 3.05) is 6.54 Å². The third-order valence-corrected chi connectivity index (χ3v) is 4.41. The van der Waals surface area contributed by atoms with E-state index in [4.69, 9.17) is 4.74 Å². The van der Waals surface area contributed by atoms with Gasteiger partial charge in [-0.2, -0.15) is 0 Å². The van der Waals surface area contributed by atoms with E-state index in [9.17, 15) is 9.59 Å². The maximum Gasteiger partial charge on any atom is 0.407 e. The predicted octanol–water partition coefficient (Wildman–Crippen LogP) is 1.31. The molecule has 1 saturated carbocycles. The molecule has 23 heavy (non-hydrogen) atoms. The van der Waals surface area contributed by atoms with Gasteiger partial charge in [0.2, 0.25) is 5.91 Å². The Morgan fingerprint density at radius 1 is 1.22 bits per heavy atom. The van der Waals surface area contributed by atoms with Crippen LogP contribution in [0.15, 0.2) is 30.3 Å². The van der Waals surface area contributed by atoms with Gasteiger partial charge in [-0.1, -0.05) is 30.3 Å². The minimum atomic E-state index is -0.361. The number of ether oxygens (including phenoxy) is 1. The minimum absolute atomic E-state index is 0.145. The quantitative estimate of drug-likeness (QED) is 0.739. The molecule has 124 valence electrons. The summed E-state index contributed by atoms with van der Waals surface area (Å²) in [4.78, 5) is 22.8. The maximum atomic E-state index is 11.7. The standard InChI is InChI=1S/C17H23N3O3/c21-16-7-6-13(19-16)10-18-14-8-15(9-14)20-17(22)23-11-12-4-2-1-3-5-12/h1-5,13-15,18H,6-11H2,(H,19,21)(H,20,22). The summed E-state index contributed by atoms with van der Waals surface area (Å²) in [5, 5.41) is 9.26. The monoisotopic (exact) mass is 317 g/mol. The first-order valence-electron chi connectivity index (χ1n) is 8.19. The molecule has 1 aromatic carbocycles. The van der Waals surface area contributed by atoms with Gasteiger partial charge in [0.15, 0.2) is 0 Å². The lowest BCUT2D eigenvalue weighted by Gasteiger charge is -2.36. The zero-order valence-electron chi connectivity index (χ0n) is 13.1. The van der Waals surface area contributed by atoms with Crippen molar-refractivity contribution in [2.24, 2.45) is 0 Å². The van der Waals surface area contributed by atoms with Gasteiger partial charge in [0.25, 0.3) is 0 Å². The molecule has 0 radical (unpaired) electrons. The fourth-order valence-corrected chi connectivity index (χ4v) is 2.97. The molecule has 1 atom stereocenters. The number of rotatable bonds is 6. The highest BCUT2D eigenvalue weighted by atomic mass is 16.5. The number of carbonyl (C=O) groups is 2. The topological polar surface area (TPSA) is 79.5 Å². The predicted molar refractivity (Wildman–Crippen MR) is 85.7 cm³/mol. The van der Waals surface area contributed by atoms with Crippen LogP contribution in [-0.4, -0.2) is 36.7 Å². The van der Waals surface area contributed by atoms with Crippen LogP contribution in [0.1, 0.15) is 31.2 Å². The summed E-state index contributed by atoms with van der Waals surface area (Å²) in [5.74, 6) is 0.145. The first-order chi connectivity index (χ1) is 11.2. The average Bonchev–Trinajstić information content (AvgIpc) is 2.94. The number of hydrogen-bond donors (Lipinski definition) is 3. The van der Waals surface area contributed by atoms with E-state index in [0.717, 1.165) is 31.4 Å². The van der Waals surface area contributed by atoms with E-state index in [1.807, 2.05) is 30.3 Å². The first-order valence-corrected chi connectivity index (χ1v) is 8.19. The van der Waals surface area contributed by atoms with Gasteiger partial charge in [0.1, 0.15) is 6.61 Å². The van der Waals surface area contributed by atoms with Crippen molar-refractivity contribution in [3.8, 4) is 0 Å². The molecular formula is C17H23N3O3. The lowest BCUT2D eigenvalue weighted by molar-refractivity contribution is -0.119. The summed E-state index contributed by atoms with van der Waals surface area (Å²) in [6.07, 6.45) is 2.99. The molecule has 1 aromatic rings. The minimum Gasteiger partial charge on any atom is -0.445 e. The van der Waals surface area contributed by atoms with E-state index in [1.54, 1.807) is 0 Å². The zero-order valence-corrected chi connectivity index (χ0v) is 13.1. The van der Waals surface area contributed by atoms with Crippen molar-refractivity contribution in [1.82, 2.24) is 16.0 Å². The summed E-state index contributed by atoms with van der Waals surface area (Å²) in [6, 6.07) is 10.5. The number of hydrogen-bond acceptors (Lipinski definition) is 4. The Labute approximate surface area is 136 Å². The molecule has 2 aliphatic rings. The van der Waals surface area contributed by atoms with Gasteiger partial charge >= 0.3 is 6.09 Å². The zero-order chi connectivity index (χ0) is 16.1. The normalized spacial score (nSPS) is 26.3. The number of alkyl carbamates (subject to hydrolysis) is 1. The number of nitrogens with one attached hydrogen (secondary N) is 3. The van der Waals surface area contributed by atoms with Crippen LogP contribution in [0.3, 0.4) is 0 Å². The third-order valence-electron chi connectivity index (χ3n) is 4.41. The molecule has 0 aromatic heterocycles. The van der Waals surface area contributed by atoms with Crippen LogP contribution < -0.4 is 16.0 Å². The van der Waals surface area contributed by atoms with Crippen LogP contribution in [0.2, 0.25) is 0 Å². The summed E-state index contributed by atoms with van der Waals surface area (Å²) >= 11 is 0. The van der Waals surface area contributed by atoms with Crippen LogP contribution in [0.4, 0.5) is 4.79 Å². The Kier molecular flexibility index (Phi) is 5.12. The van der Waals surface area contributed by atoms with Crippen molar-refractivity contribution < 1.29 is 14.3 Å². The van der Waals surface area contributed by atoms with E-state index in [1.165, 1.54) is 0 Å². The van der Waals surface area contributed by atoms with Crippen LogP contribution >= 0.6 is 0 Å². The highest BCUT2D eigenvalue weighted by Gasteiger charge is 2.31. The smallest absolute Gasteiger partial charge is 0.407 e. The van der Waals surface area contributed by atoms with E-state index in [2.05, 4.69) is 16.0 Å². The molecule has 6 nitrogen and oxygen atoms in total. The van der Waals surface area contributed by atoms with Crippen molar-refractivity contribution in [2.45, 2.75) is 50.4 Å². The Morgan fingerprint density at radius 2 is 2.00 bits per heavy atom. The van der Waals surface area contributed by atoms with Crippen LogP contribution in [0.5, 0.6) is 0 Å². The molecule has 3 N–H and O–H groups in total.